The molecule has 1 aromatic heterocycles. The quantitative estimate of drug-likeness (QED) is 0.114. The van der Waals surface area contributed by atoms with Gasteiger partial charge in [0.1, 0.15) is 0 Å². The van der Waals surface area contributed by atoms with Crippen molar-refractivity contribution >= 4 is 54.4 Å². The van der Waals surface area contributed by atoms with Crippen LogP contribution in [-0.2, 0) is 30.5 Å². The second kappa shape index (κ2) is 14.1. The van der Waals surface area contributed by atoms with Gasteiger partial charge in [-0.05, 0) is 83.3 Å². The smallest absolute Gasteiger partial charge is 0.231 e. The van der Waals surface area contributed by atoms with Crippen molar-refractivity contribution in [1.82, 2.24) is 9.97 Å². The first kappa shape index (κ1) is 37.2. The summed E-state index contributed by atoms with van der Waals surface area (Å²) < 4.78 is 47.5. The molecule has 0 unspecified atom stereocenters. The average Bonchev–Trinajstić information content (AvgIpc) is 3.00. The van der Waals surface area contributed by atoms with Crippen LogP contribution in [0.3, 0.4) is 0 Å². The van der Waals surface area contributed by atoms with Gasteiger partial charge in [-0.15, -0.1) is 0 Å². The van der Waals surface area contributed by atoms with E-state index in [1.807, 2.05) is 0 Å². The van der Waals surface area contributed by atoms with Crippen LogP contribution in [0.4, 0.5) is 23.3 Å². The van der Waals surface area contributed by atoms with Crippen molar-refractivity contribution in [2.75, 3.05) is 28.7 Å². The molecule has 49 heavy (non-hydrogen) atoms. The highest BCUT2D eigenvalue weighted by Crippen LogP contribution is 2.33. The molecular formula is C36H45N7O4S2. The molecule has 0 bridgehead atoms. The lowest BCUT2D eigenvalue weighted by Crippen LogP contribution is -2.17. The first-order valence-corrected chi connectivity index (χ1v) is 19.4. The Morgan fingerprint density at radius 1 is 0.592 bits per heavy atom. The average molecular weight is 704 g/mol. The number of hydrogen-bond donors (Lipinski definition) is 3. The fraction of sp³-hybridized carbons (Fsp3) is 0.333. The van der Waals surface area contributed by atoms with E-state index in [2.05, 4.69) is 96.1 Å². The van der Waals surface area contributed by atoms with E-state index in [1.54, 1.807) is 68.4 Å². The molecule has 0 fully saturated rings. The molecule has 4 aromatic rings. The maximum absolute atomic E-state index is 11.9. The number of sulfone groups is 2. The molecule has 11 nitrogen and oxygen atoms in total. The van der Waals surface area contributed by atoms with Crippen LogP contribution in [0.5, 0.6) is 0 Å². The number of aromatic nitrogens is 2. The molecule has 0 aliphatic carbocycles. The molecule has 1 heterocycles. The van der Waals surface area contributed by atoms with E-state index in [4.69, 9.17) is 0 Å². The van der Waals surface area contributed by atoms with Crippen LogP contribution < -0.4 is 16.2 Å². The fourth-order valence-corrected chi connectivity index (χ4v) is 5.87. The predicted molar refractivity (Wildman–Crippen MR) is 200 cm³/mol. The highest BCUT2D eigenvalue weighted by Gasteiger charge is 2.21. The summed E-state index contributed by atoms with van der Waals surface area (Å²) in [5.74, 6) is 1.05. The van der Waals surface area contributed by atoms with Crippen molar-refractivity contribution < 1.29 is 16.8 Å². The Balaban J connectivity index is 1.70. The molecule has 0 aliphatic heterocycles. The zero-order valence-electron chi connectivity index (χ0n) is 29.7. The van der Waals surface area contributed by atoms with Crippen LogP contribution in [0, 0.1) is 0 Å². The zero-order valence-corrected chi connectivity index (χ0v) is 31.3. The van der Waals surface area contributed by atoms with Crippen molar-refractivity contribution in [3.63, 3.8) is 0 Å². The van der Waals surface area contributed by atoms with E-state index in [9.17, 15) is 16.8 Å². The molecule has 0 radical (unpaired) electrons. The molecule has 0 saturated heterocycles. The minimum absolute atomic E-state index is 0.0911. The monoisotopic (exact) mass is 703 g/mol. The van der Waals surface area contributed by atoms with Crippen LogP contribution in [0.25, 0.3) is 0 Å². The molecule has 3 aromatic carbocycles. The van der Waals surface area contributed by atoms with Crippen LogP contribution in [0.2, 0.25) is 0 Å². The lowest BCUT2D eigenvalue weighted by Gasteiger charge is -2.26. The van der Waals surface area contributed by atoms with E-state index >= 15 is 0 Å². The minimum Gasteiger partial charge on any atom is -0.324 e. The van der Waals surface area contributed by atoms with E-state index in [0.29, 0.717) is 29.0 Å². The second-order valence-corrected chi connectivity index (χ2v) is 18.1. The third-order valence-electron chi connectivity index (χ3n) is 7.72. The normalized spacial score (nSPS) is 13.3. The summed E-state index contributed by atoms with van der Waals surface area (Å²) in [4.78, 5) is 9.81. The van der Waals surface area contributed by atoms with Crippen molar-refractivity contribution in [1.29, 1.82) is 0 Å². The Morgan fingerprint density at radius 2 is 0.959 bits per heavy atom. The number of anilines is 4. The summed E-state index contributed by atoms with van der Waals surface area (Å²) in [5, 5.41) is 12.4. The van der Waals surface area contributed by atoms with E-state index in [1.165, 1.54) is 23.6 Å². The number of benzene rings is 3. The Labute approximate surface area is 290 Å². The largest absolute Gasteiger partial charge is 0.324 e. The molecule has 0 atom stereocenters. The van der Waals surface area contributed by atoms with Gasteiger partial charge < -0.3 is 5.32 Å². The van der Waals surface area contributed by atoms with E-state index in [0.717, 1.165) is 16.8 Å². The van der Waals surface area contributed by atoms with Crippen molar-refractivity contribution in [3.8, 4) is 0 Å². The molecular weight excluding hydrogens is 659 g/mol. The summed E-state index contributed by atoms with van der Waals surface area (Å²) in [6.07, 6.45) is 2.33. The van der Waals surface area contributed by atoms with Gasteiger partial charge >= 0.3 is 0 Å². The first-order chi connectivity index (χ1) is 22.6. The van der Waals surface area contributed by atoms with Gasteiger partial charge in [0.2, 0.25) is 5.95 Å². The van der Waals surface area contributed by atoms with Gasteiger partial charge in [-0.1, -0.05) is 71.9 Å². The van der Waals surface area contributed by atoms with Gasteiger partial charge in [0.25, 0.3) is 0 Å². The summed E-state index contributed by atoms with van der Waals surface area (Å²) in [7, 11) is -6.63. The van der Waals surface area contributed by atoms with Gasteiger partial charge in [-0.3, -0.25) is 10.9 Å². The summed E-state index contributed by atoms with van der Waals surface area (Å²) >= 11 is 0. The number of nitrogens with one attached hydrogen (secondary N) is 3. The molecule has 0 saturated carbocycles. The first-order valence-electron chi connectivity index (χ1n) is 15.6. The van der Waals surface area contributed by atoms with Crippen LogP contribution in [0.15, 0.2) is 92.8 Å². The second-order valence-electron chi connectivity index (χ2n) is 14.1. The summed E-state index contributed by atoms with van der Waals surface area (Å²) in [5.41, 5.74) is 11.7. The Morgan fingerprint density at radius 3 is 1.29 bits per heavy atom. The third kappa shape index (κ3) is 10.2. The predicted octanol–water partition coefficient (Wildman–Crippen LogP) is 7.29. The van der Waals surface area contributed by atoms with Crippen molar-refractivity contribution in [3.05, 3.63) is 95.1 Å². The van der Waals surface area contributed by atoms with Gasteiger partial charge in [0.05, 0.1) is 21.2 Å². The van der Waals surface area contributed by atoms with Crippen molar-refractivity contribution in [2.45, 2.75) is 76.0 Å². The number of hydrogen-bond acceptors (Lipinski definition) is 11. The standard InChI is InChI=1S/C36H45N7O4S2/c1-23(25-11-15-30(16-12-25)48(9,44)45)40-42-32-22-33(43-41-24(2)26-13-17-31(18-14-26)49(10,46)47)39-34(38-32)37-29-20-27(35(3,4)5)19-28(21-29)36(6,7)8/h11-22H,1-10H3,(H3,37,38,39,42,43). The SMILES string of the molecule is CC(=NNc1cc(NN=C(C)c2ccc(S(C)(=O)=O)cc2)nc(Nc2cc(C(C)(C)C)cc(C(C)(C)C)c2)n1)c1ccc(S(C)(=O)=O)cc1. The fourth-order valence-electron chi connectivity index (χ4n) is 4.61. The topological polar surface area (TPSA) is 155 Å². The minimum atomic E-state index is -3.32. The lowest BCUT2D eigenvalue weighted by molar-refractivity contribution is 0.569. The van der Waals surface area contributed by atoms with Gasteiger partial charge in [-0.25, -0.2) is 16.8 Å². The maximum atomic E-state index is 11.9. The van der Waals surface area contributed by atoms with E-state index < -0.39 is 19.7 Å². The van der Waals surface area contributed by atoms with Crippen molar-refractivity contribution in [2.24, 2.45) is 10.2 Å². The number of rotatable bonds is 10. The molecule has 260 valence electrons. The van der Waals surface area contributed by atoms with Gasteiger partial charge in [0.15, 0.2) is 31.3 Å². The molecule has 4 rings (SSSR count). The molecule has 0 aliphatic rings. The summed E-state index contributed by atoms with van der Waals surface area (Å²) in [6, 6.07) is 21.1. The molecule has 3 N–H and O–H groups in total. The number of hydrazone groups is 2. The highest BCUT2D eigenvalue weighted by molar-refractivity contribution is 7.91. The Hall–Kier alpha value is -4.62. The number of nitrogens with zero attached hydrogens (tertiary/aromatic N) is 4. The maximum Gasteiger partial charge on any atom is 0.231 e. The zero-order chi connectivity index (χ0) is 36.4. The molecule has 13 heteroatoms. The van der Waals surface area contributed by atoms with Crippen LogP contribution in [-0.4, -0.2) is 50.7 Å². The Kier molecular flexibility index (Phi) is 10.7. The van der Waals surface area contributed by atoms with Crippen LogP contribution in [0.1, 0.15) is 77.6 Å². The van der Waals surface area contributed by atoms with Crippen LogP contribution >= 0.6 is 0 Å². The highest BCUT2D eigenvalue weighted by atomic mass is 32.2. The Bertz CT molecular complexity index is 1970. The van der Waals surface area contributed by atoms with Gasteiger partial charge in [0, 0.05) is 24.3 Å². The van der Waals surface area contributed by atoms with E-state index in [-0.39, 0.29) is 20.6 Å². The van der Waals surface area contributed by atoms with Gasteiger partial charge in [-0.2, -0.15) is 20.2 Å². The summed E-state index contributed by atoms with van der Waals surface area (Å²) in [6.45, 7) is 16.6. The molecule has 0 amide bonds. The molecule has 0 spiro atoms. The lowest BCUT2D eigenvalue weighted by atomic mass is 9.80. The third-order valence-corrected chi connectivity index (χ3v) is 9.98.